The summed E-state index contributed by atoms with van der Waals surface area (Å²) >= 11 is 0. The molecule has 1 heterocycles. The molecule has 0 saturated carbocycles. The third-order valence-electron chi connectivity index (χ3n) is 4.36. The van der Waals surface area contributed by atoms with E-state index in [9.17, 15) is 4.79 Å². The Morgan fingerprint density at radius 1 is 1.06 bits per heavy atom. The number of amides is 1. The van der Waals surface area contributed by atoms with Gasteiger partial charge >= 0.3 is 0 Å². The molecule has 0 bridgehead atoms. The normalized spacial score (nSPS) is 19.4. The quantitative estimate of drug-likeness (QED) is 0.642. The second-order valence-electron chi connectivity index (χ2n) is 5.71. The van der Waals surface area contributed by atoms with Gasteiger partial charge in [0.15, 0.2) is 0 Å². The molecule has 0 aromatic rings. The smallest absolute Gasteiger partial charge is 0.219 e. The lowest BCUT2D eigenvalue weighted by Crippen LogP contribution is -2.42. The summed E-state index contributed by atoms with van der Waals surface area (Å²) in [6, 6.07) is 0. The first kappa shape index (κ1) is 14.5. The number of unbranched alkanes of at least 4 members (excludes halogenated alkanes) is 2. The van der Waals surface area contributed by atoms with Crippen molar-refractivity contribution in [3.05, 3.63) is 0 Å². The van der Waals surface area contributed by atoms with Gasteiger partial charge in [-0.05, 0) is 31.1 Å². The maximum absolute atomic E-state index is 11.4. The molecule has 0 radical (unpaired) electrons. The second kappa shape index (κ2) is 7.03. The van der Waals surface area contributed by atoms with Gasteiger partial charge in [0.05, 0.1) is 0 Å². The number of rotatable bonds is 6. The minimum absolute atomic E-state index is 0.253. The highest BCUT2D eigenvalue weighted by atomic mass is 16.2. The number of carbonyl (C=O) groups is 1. The minimum atomic E-state index is 0.253. The van der Waals surface area contributed by atoms with Crippen LogP contribution in [0, 0.1) is 5.41 Å². The molecule has 1 aliphatic heterocycles. The van der Waals surface area contributed by atoms with Gasteiger partial charge in [-0.2, -0.15) is 0 Å². The molecule has 1 aliphatic rings. The molecule has 0 spiro atoms. The number of hydrogen-bond donors (Lipinski definition) is 0. The van der Waals surface area contributed by atoms with E-state index in [0.29, 0.717) is 5.41 Å². The molecule has 0 unspecified atom stereocenters. The fourth-order valence-corrected chi connectivity index (χ4v) is 3.20. The average molecular weight is 239 g/mol. The molecule has 17 heavy (non-hydrogen) atoms. The van der Waals surface area contributed by atoms with Crippen LogP contribution in [-0.2, 0) is 4.79 Å². The third-order valence-corrected chi connectivity index (χ3v) is 4.36. The summed E-state index contributed by atoms with van der Waals surface area (Å²) in [5.41, 5.74) is 0.551. The summed E-state index contributed by atoms with van der Waals surface area (Å²) in [5, 5.41) is 0. The van der Waals surface area contributed by atoms with E-state index in [0.717, 1.165) is 13.1 Å². The van der Waals surface area contributed by atoms with Crippen molar-refractivity contribution in [1.82, 2.24) is 4.90 Å². The lowest BCUT2D eigenvalue weighted by atomic mass is 9.71. The molecule has 1 rings (SSSR count). The summed E-state index contributed by atoms with van der Waals surface area (Å²) in [6.07, 6.45) is 10.5. The first-order valence-electron chi connectivity index (χ1n) is 7.39. The molecule has 100 valence electrons. The maximum Gasteiger partial charge on any atom is 0.219 e. The van der Waals surface area contributed by atoms with E-state index in [1.165, 1.54) is 51.4 Å². The number of piperidine rings is 1. The summed E-state index contributed by atoms with van der Waals surface area (Å²) in [4.78, 5) is 13.4. The van der Waals surface area contributed by atoms with Crippen LogP contribution in [0.3, 0.4) is 0 Å². The average Bonchev–Trinajstić information content (AvgIpc) is 2.30. The van der Waals surface area contributed by atoms with Crippen LogP contribution in [0.2, 0.25) is 0 Å². The van der Waals surface area contributed by atoms with Gasteiger partial charge in [0, 0.05) is 20.0 Å². The topological polar surface area (TPSA) is 20.3 Å². The minimum Gasteiger partial charge on any atom is -0.343 e. The van der Waals surface area contributed by atoms with Gasteiger partial charge in [-0.1, -0.05) is 39.5 Å². The Morgan fingerprint density at radius 3 is 2.18 bits per heavy atom. The van der Waals surface area contributed by atoms with Crippen LogP contribution in [0.15, 0.2) is 0 Å². The molecule has 2 nitrogen and oxygen atoms in total. The van der Waals surface area contributed by atoms with Gasteiger partial charge in [0.1, 0.15) is 0 Å². The Hall–Kier alpha value is -0.530. The lowest BCUT2D eigenvalue weighted by molar-refractivity contribution is -0.131. The highest BCUT2D eigenvalue weighted by molar-refractivity contribution is 5.73. The van der Waals surface area contributed by atoms with E-state index in [4.69, 9.17) is 0 Å². The van der Waals surface area contributed by atoms with Crippen molar-refractivity contribution in [3.8, 4) is 0 Å². The monoisotopic (exact) mass is 239 g/mol. The Labute approximate surface area is 107 Å². The van der Waals surface area contributed by atoms with E-state index in [1.807, 2.05) is 4.90 Å². The number of carbonyl (C=O) groups excluding carboxylic acids is 1. The zero-order chi connectivity index (χ0) is 12.7. The van der Waals surface area contributed by atoms with E-state index in [1.54, 1.807) is 6.92 Å². The van der Waals surface area contributed by atoms with E-state index >= 15 is 0 Å². The number of nitrogens with zero attached hydrogens (tertiary/aromatic N) is 1. The molecule has 0 aromatic carbocycles. The van der Waals surface area contributed by atoms with Crippen LogP contribution < -0.4 is 0 Å². The standard InChI is InChI=1S/C15H29NO/c1-4-6-7-9-15(8-5-2)10-12-16(13-11-15)14(3)17/h4-13H2,1-3H3. The summed E-state index contributed by atoms with van der Waals surface area (Å²) in [5.74, 6) is 0.253. The van der Waals surface area contributed by atoms with Gasteiger partial charge in [0.2, 0.25) is 5.91 Å². The molecule has 0 atom stereocenters. The van der Waals surface area contributed by atoms with Crippen LogP contribution in [0.5, 0.6) is 0 Å². The summed E-state index contributed by atoms with van der Waals surface area (Å²) in [7, 11) is 0. The Kier molecular flexibility index (Phi) is 6.01. The summed E-state index contributed by atoms with van der Waals surface area (Å²) in [6.45, 7) is 8.23. The van der Waals surface area contributed by atoms with Crippen molar-refractivity contribution in [1.29, 1.82) is 0 Å². The van der Waals surface area contributed by atoms with Gasteiger partial charge in [-0.15, -0.1) is 0 Å². The molecular formula is C15H29NO. The largest absolute Gasteiger partial charge is 0.343 e. The van der Waals surface area contributed by atoms with Crippen molar-refractivity contribution in [3.63, 3.8) is 0 Å². The van der Waals surface area contributed by atoms with Gasteiger partial charge in [-0.25, -0.2) is 0 Å². The highest BCUT2D eigenvalue weighted by Crippen LogP contribution is 2.40. The molecular weight excluding hydrogens is 210 g/mol. The van der Waals surface area contributed by atoms with Crippen LogP contribution in [-0.4, -0.2) is 23.9 Å². The van der Waals surface area contributed by atoms with Crippen molar-refractivity contribution in [2.24, 2.45) is 5.41 Å². The third kappa shape index (κ3) is 4.33. The Bertz CT molecular complexity index is 229. The number of hydrogen-bond acceptors (Lipinski definition) is 1. The van der Waals surface area contributed by atoms with Crippen molar-refractivity contribution in [2.75, 3.05) is 13.1 Å². The summed E-state index contributed by atoms with van der Waals surface area (Å²) < 4.78 is 0. The van der Waals surface area contributed by atoms with Crippen molar-refractivity contribution >= 4 is 5.91 Å². The molecule has 0 aromatic heterocycles. The number of likely N-dealkylation sites (tertiary alicyclic amines) is 1. The maximum atomic E-state index is 11.4. The van der Waals surface area contributed by atoms with E-state index < -0.39 is 0 Å². The first-order valence-corrected chi connectivity index (χ1v) is 7.39. The predicted molar refractivity (Wildman–Crippen MR) is 73.0 cm³/mol. The SMILES string of the molecule is CCCCCC1(CCC)CCN(C(C)=O)CC1. The fourth-order valence-electron chi connectivity index (χ4n) is 3.20. The first-order chi connectivity index (χ1) is 8.13. The second-order valence-corrected chi connectivity index (χ2v) is 5.71. The molecule has 0 N–H and O–H groups in total. The highest BCUT2D eigenvalue weighted by Gasteiger charge is 2.33. The molecule has 1 saturated heterocycles. The molecule has 2 heteroatoms. The van der Waals surface area contributed by atoms with Gasteiger partial charge < -0.3 is 4.90 Å². The lowest BCUT2D eigenvalue weighted by Gasteiger charge is -2.42. The van der Waals surface area contributed by atoms with E-state index in [-0.39, 0.29) is 5.91 Å². The van der Waals surface area contributed by atoms with Crippen molar-refractivity contribution < 1.29 is 4.79 Å². The fraction of sp³-hybridized carbons (Fsp3) is 0.933. The molecule has 1 fully saturated rings. The zero-order valence-electron chi connectivity index (χ0n) is 11.9. The Balaban J connectivity index is 2.47. The predicted octanol–water partition coefficient (Wildman–Crippen LogP) is 4.00. The van der Waals surface area contributed by atoms with Crippen LogP contribution in [0.1, 0.15) is 72.1 Å². The Morgan fingerprint density at radius 2 is 1.71 bits per heavy atom. The van der Waals surface area contributed by atoms with Gasteiger partial charge in [0.25, 0.3) is 0 Å². The zero-order valence-corrected chi connectivity index (χ0v) is 11.9. The molecule has 0 aliphatic carbocycles. The van der Waals surface area contributed by atoms with Crippen LogP contribution in [0.4, 0.5) is 0 Å². The van der Waals surface area contributed by atoms with E-state index in [2.05, 4.69) is 13.8 Å². The van der Waals surface area contributed by atoms with Crippen LogP contribution in [0.25, 0.3) is 0 Å². The molecule has 1 amide bonds. The van der Waals surface area contributed by atoms with Crippen molar-refractivity contribution in [2.45, 2.75) is 72.1 Å². The van der Waals surface area contributed by atoms with Gasteiger partial charge in [-0.3, -0.25) is 4.79 Å². The van der Waals surface area contributed by atoms with Crippen LogP contribution >= 0.6 is 0 Å².